The van der Waals surface area contributed by atoms with E-state index in [1.54, 1.807) is 0 Å². The van der Waals surface area contributed by atoms with E-state index in [9.17, 15) is 0 Å². The summed E-state index contributed by atoms with van der Waals surface area (Å²) in [5.74, 6) is 0. The van der Waals surface area contributed by atoms with Crippen molar-refractivity contribution in [1.29, 1.82) is 0 Å². The number of pyridine rings is 1. The van der Waals surface area contributed by atoms with Gasteiger partial charge < -0.3 is 5.32 Å². The molecule has 0 fully saturated rings. The van der Waals surface area contributed by atoms with Crippen LogP contribution < -0.4 is 5.32 Å². The summed E-state index contributed by atoms with van der Waals surface area (Å²) in [7, 11) is 0. The first-order valence-electron chi connectivity index (χ1n) is 5.70. The number of aromatic nitrogens is 1. The number of hydrogen-bond acceptors (Lipinski definition) is 2. The van der Waals surface area contributed by atoms with Crippen molar-refractivity contribution in [3.05, 3.63) is 53.3 Å². The maximum absolute atomic E-state index is 5.87. The number of nitrogens with one attached hydrogen (secondary N) is 1. The molecule has 0 aliphatic rings. The van der Waals surface area contributed by atoms with Gasteiger partial charge in [-0.15, -0.1) is 0 Å². The SMILES string of the molecule is CCNCc1cncc(-c2ccc(Cl)cc2)c1. The lowest BCUT2D eigenvalue weighted by atomic mass is 10.1. The second-order valence-corrected chi connectivity index (χ2v) is 4.31. The van der Waals surface area contributed by atoms with Crippen molar-refractivity contribution in [2.75, 3.05) is 6.54 Å². The van der Waals surface area contributed by atoms with E-state index in [4.69, 9.17) is 11.6 Å². The fourth-order valence-electron chi connectivity index (χ4n) is 1.65. The fraction of sp³-hybridized carbons (Fsp3) is 0.214. The molecule has 88 valence electrons. The highest BCUT2D eigenvalue weighted by molar-refractivity contribution is 6.30. The van der Waals surface area contributed by atoms with E-state index in [1.165, 1.54) is 5.56 Å². The van der Waals surface area contributed by atoms with Crippen LogP contribution in [0.5, 0.6) is 0 Å². The van der Waals surface area contributed by atoms with Gasteiger partial charge in [-0.25, -0.2) is 0 Å². The molecular formula is C14H15ClN2. The minimum Gasteiger partial charge on any atom is -0.313 e. The van der Waals surface area contributed by atoms with Crippen LogP contribution in [0.1, 0.15) is 12.5 Å². The lowest BCUT2D eigenvalue weighted by Gasteiger charge is -2.05. The molecule has 2 aromatic rings. The zero-order valence-corrected chi connectivity index (χ0v) is 10.5. The van der Waals surface area contributed by atoms with E-state index in [1.807, 2.05) is 36.7 Å². The number of halogens is 1. The zero-order valence-electron chi connectivity index (χ0n) is 9.78. The Kier molecular flexibility index (Phi) is 4.13. The van der Waals surface area contributed by atoms with Gasteiger partial charge in [0.2, 0.25) is 0 Å². The topological polar surface area (TPSA) is 24.9 Å². The lowest BCUT2D eigenvalue weighted by molar-refractivity contribution is 0.724. The Morgan fingerprint density at radius 3 is 2.59 bits per heavy atom. The van der Waals surface area contributed by atoms with Crippen LogP contribution in [0, 0.1) is 0 Å². The van der Waals surface area contributed by atoms with Gasteiger partial charge in [-0.3, -0.25) is 4.98 Å². The van der Waals surface area contributed by atoms with E-state index in [0.717, 1.165) is 29.2 Å². The summed E-state index contributed by atoms with van der Waals surface area (Å²) in [6.07, 6.45) is 3.76. The second kappa shape index (κ2) is 5.80. The molecule has 1 aromatic carbocycles. The first-order valence-corrected chi connectivity index (χ1v) is 6.08. The molecule has 1 aromatic heterocycles. The molecular weight excluding hydrogens is 232 g/mol. The molecule has 0 aliphatic carbocycles. The molecule has 0 unspecified atom stereocenters. The summed E-state index contributed by atoms with van der Waals surface area (Å²) in [6, 6.07) is 9.97. The van der Waals surface area contributed by atoms with Gasteiger partial charge in [-0.05, 0) is 35.9 Å². The van der Waals surface area contributed by atoms with Crippen LogP contribution in [-0.4, -0.2) is 11.5 Å². The first-order chi connectivity index (χ1) is 8.29. The third-order valence-corrected chi connectivity index (χ3v) is 2.80. The summed E-state index contributed by atoms with van der Waals surface area (Å²) in [6.45, 7) is 3.91. The first kappa shape index (κ1) is 12.1. The van der Waals surface area contributed by atoms with Crippen molar-refractivity contribution in [1.82, 2.24) is 10.3 Å². The normalized spacial score (nSPS) is 10.5. The van der Waals surface area contributed by atoms with Crippen LogP contribution in [0.25, 0.3) is 11.1 Å². The molecule has 0 saturated heterocycles. The third-order valence-electron chi connectivity index (χ3n) is 2.55. The molecule has 1 heterocycles. The quantitative estimate of drug-likeness (QED) is 0.893. The highest BCUT2D eigenvalue weighted by atomic mass is 35.5. The minimum atomic E-state index is 0.755. The Labute approximate surface area is 107 Å². The minimum absolute atomic E-state index is 0.755. The highest BCUT2D eigenvalue weighted by Gasteiger charge is 2.00. The largest absolute Gasteiger partial charge is 0.313 e. The van der Waals surface area contributed by atoms with Crippen LogP contribution in [0.3, 0.4) is 0 Å². The van der Waals surface area contributed by atoms with Crippen molar-refractivity contribution in [3.8, 4) is 11.1 Å². The number of nitrogens with zero attached hydrogens (tertiary/aromatic N) is 1. The molecule has 0 bridgehead atoms. The summed E-state index contributed by atoms with van der Waals surface area (Å²) >= 11 is 5.87. The predicted octanol–water partition coefficient (Wildman–Crippen LogP) is 3.51. The Hall–Kier alpha value is -1.38. The van der Waals surface area contributed by atoms with Crippen molar-refractivity contribution in [2.45, 2.75) is 13.5 Å². The number of benzene rings is 1. The maximum Gasteiger partial charge on any atom is 0.0406 e. The smallest absolute Gasteiger partial charge is 0.0406 e. The zero-order chi connectivity index (χ0) is 12.1. The van der Waals surface area contributed by atoms with Gasteiger partial charge in [0.05, 0.1) is 0 Å². The molecule has 3 heteroatoms. The van der Waals surface area contributed by atoms with Crippen LogP contribution >= 0.6 is 11.6 Å². The molecule has 1 N–H and O–H groups in total. The molecule has 0 spiro atoms. The standard InChI is InChI=1S/C14H15ClN2/c1-2-16-8-11-7-13(10-17-9-11)12-3-5-14(15)6-4-12/h3-7,9-10,16H,2,8H2,1H3. The van der Waals surface area contributed by atoms with Crippen molar-refractivity contribution in [2.24, 2.45) is 0 Å². The monoisotopic (exact) mass is 246 g/mol. The van der Waals surface area contributed by atoms with E-state index in [0.29, 0.717) is 0 Å². The molecule has 17 heavy (non-hydrogen) atoms. The Balaban J connectivity index is 2.23. The average molecular weight is 247 g/mol. The molecule has 2 rings (SSSR count). The molecule has 2 nitrogen and oxygen atoms in total. The van der Waals surface area contributed by atoms with Crippen molar-refractivity contribution < 1.29 is 0 Å². The molecule has 0 amide bonds. The van der Waals surface area contributed by atoms with Gasteiger partial charge >= 0.3 is 0 Å². The summed E-state index contributed by atoms with van der Waals surface area (Å²) in [4.78, 5) is 4.26. The third kappa shape index (κ3) is 3.29. The maximum atomic E-state index is 5.87. The molecule has 0 radical (unpaired) electrons. The van der Waals surface area contributed by atoms with E-state index >= 15 is 0 Å². The van der Waals surface area contributed by atoms with E-state index < -0.39 is 0 Å². The van der Waals surface area contributed by atoms with Crippen LogP contribution in [0.4, 0.5) is 0 Å². The molecule has 0 saturated carbocycles. The Morgan fingerprint density at radius 2 is 1.88 bits per heavy atom. The van der Waals surface area contributed by atoms with Crippen LogP contribution in [-0.2, 0) is 6.54 Å². The summed E-state index contributed by atoms with van der Waals surface area (Å²) in [5.41, 5.74) is 3.46. The van der Waals surface area contributed by atoms with Gasteiger partial charge in [0.1, 0.15) is 0 Å². The fourth-order valence-corrected chi connectivity index (χ4v) is 1.78. The average Bonchev–Trinajstić information content (AvgIpc) is 2.37. The second-order valence-electron chi connectivity index (χ2n) is 3.87. The Morgan fingerprint density at radius 1 is 1.12 bits per heavy atom. The van der Waals surface area contributed by atoms with E-state index in [-0.39, 0.29) is 0 Å². The Bertz CT molecular complexity index is 480. The molecule has 0 atom stereocenters. The number of hydrogen-bond donors (Lipinski definition) is 1. The predicted molar refractivity (Wildman–Crippen MR) is 72.1 cm³/mol. The van der Waals surface area contributed by atoms with Crippen molar-refractivity contribution >= 4 is 11.6 Å². The van der Waals surface area contributed by atoms with Gasteiger partial charge in [0.25, 0.3) is 0 Å². The summed E-state index contributed by atoms with van der Waals surface area (Å²) in [5, 5.41) is 4.05. The van der Waals surface area contributed by atoms with Crippen molar-refractivity contribution in [3.63, 3.8) is 0 Å². The number of rotatable bonds is 4. The van der Waals surface area contributed by atoms with Crippen LogP contribution in [0.2, 0.25) is 5.02 Å². The highest BCUT2D eigenvalue weighted by Crippen LogP contribution is 2.21. The van der Waals surface area contributed by atoms with E-state index in [2.05, 4.69) is 23.3 Å². The lowest BCUT2D eigenvalue weighted by Crippen LogP contribution is -2.11. The van der Waals surface area contributed by atoms with Crippen LogP contribution in [0.15, 0.2) is 42.7 Å². The van der Waals surface area contributed by atoms with Gasteiger partial charge in [0, 0.05) is 29.5 Å². The van der Waals surface area contributed by atoms with Gasteiger partial charge in [-0.1, -0.05) is 30.7 Å². The summed E-state index contributed by atoms with van der Waals surface area (Å²) < 4.78 is 0. The van der Waals surface area contributed by atoms with Gasteiger partial charge in [0.15, 0.2) is 0 Å². The van der Waals surface area contributed by atoms with Gasteiger partial charge in [-0.2, -0.15) is 0 Å². The molecule has 0 aliphatic heterocycles.